The first-order valence-corrected chi connectivity index (χ1v) is 7.00. The summed E-state index contributed by atoms with van der Waals surface area (Å²) in [6, 6.07) is 3.81. The third-order valence-electron chi connectivity index (χ3n) is 3.09. The Balaban J connectivity index is 2.27. The van der Waals surface area contributed by atoms with Crippen LogP contribution < -0.4 is 0 Å². The van der Waals surface area contributed by atoms with Gasteiger partial charge in [-0.15, -0.1) is 0 Å². The molecule has 1 aromatic carbocycles. The number of hydrogen-bond acceptors (Lipinski definition) is 5. The second kappa shape index (κ2) is 3.75. The van der Waals surface area contributed by atoms with Gasteiger partial charge in [-0.2, -0.15) is 8.42 Å². The van der Waals surface area contributed by atoms with Crippen molar-refractivity contribution in [3.63, 3.8) is 0 Å². The van der Waals surface area contributed by atoms with Gasteiger partial charge in [0.1, 0.15) is 4.90 Å². The molecule has 6 nitrogen and oxygen atoms in total. The van der Waals surface area contributed by atoms with E-state index in [0.717, 1.165) is 6.07 Å². The first kappa shape index (κ1) is 12.1. The topological polar surface area (TPSA) is 91.5 Å². The largest absolute Gasteiger partial charge is 0.365 e. The maximum atomic E-state index is 12.3. The van der Waals surface area contributed by atoms with Crippen molar-refractivity contribution in [3.05, 3.63) is 41.1 Å². The lowest BCUT2D eigenvalue weighted by Gasteiger charge is -2.17. The quantitative estimate of drug-likeness (QED) is 0.626. The van der Waals surface area contributed by atoms with Crippen molar-refractivity contribution in [3.8, 4) is 0 Å². The number of rotatable bonds is 2. The normalized spacial score (nSPS) is 18.2. The molecule has 2 aliphatic rings. The molecule has 0 unspecified atom stereocenters. The molecular formula is C12H9NO5S. The highest BCUT2D eigenvalue weighted by atomic mass is 32.2. The number of ketones is 2. The molecule has 1 aliphatic carbocycles. The maximum absolute atomic E-state index is 12.3. The van der Waals surface area contributed by atoms with Crippen molar-refractivity contribution in [1.82, 2.24) is 4.90 Å². The van der Waals surface area contributed by atoms with Gasteiger partial charge in [0.15, 0.2) is 5.78 Å². The lowest BCUT2D eigenvalue weighted by atomic mass is 9.92. The summed E-state index contributed by atoms with van der Waals surface area (Å²) >= 11 is 0. The average molecular weight is 279 g/mol. The van der Waals surface area contributed by atoms with Gasteiger partial charge in [-0.05, 0) is 6.07 Å². The average Bonchev–Trinajstić information content (AvgIpc) is 3.16. The number of carbonyl (C=O) groups excluding carboxylic acids is 2. The Kier molecular flexibility index (Phi) is 2.38. The predicted octanol–water partition coefficient (Wildman–Crippen LogP) is 0.512. The zero-order valence-corrected chi connectivity index (χ0v) is 10.5. The summed E-state index contributed by atoms with van der Waals surface area (Å²) in [7, 11) is -4.55. The third-order valence-corrected chi connectivity index (χ3v) is 3.98. The van der Waals surface area contributed by atoms with E-state index < -0.39 is 26.6 Å². The molecule has 1 aliphatic heterocycles. The molecule has 0 spiro atoms. The van der Waals surface area contributed by atoms with Crippen LogP contribution in [0.4, 0.5) is 0 Å². The number of hydrogen-bond donors (Lipinski definition) is 1. The van der Waals surface area contributed by atoms with Crippen LogP contribution in [0.3, 0.4) is 0 Å². The Labute approximate surface area is 109 Å². The van der Waals surface area contributed by atoms with Crippen LogP contribution in [0, 0.1) is 0 Å². The molecule has 3 rings (SSSR count). The number of benzene rings is 1. The van der Waals surface area contributed by atoms with Crippen LogP contribution in [0.25, 0.3) is 0 Å². The molecule has 0 radical (unpaired) electrons. The van der Waals surface area contributed by atoms with E-state index in [1.807, 2.05) is 0 Å². The van der Waals surface area contributed by atoms with E-state index in [9.17, 15) is 18.0 Å². The second-order valence-corrected chi connectivity index (χ2v) is 5.75. The molecule has 1 aromatic rings. The number of allylic oxidation sites excluding steroid dienone is 2. The van der Waals surface area contributed by atoms with Gasteiger partial charge in [0.25, 0.3) is 10.1 Å². The van der Waals surface area contributed by atoms with Crippen molar-refractivity contribution in [2.45, 2.75) is 4.90 Å². The van der Waals surface area contributed by atoms with E-state index in [1.54, 1.807) is 4.90 Å². The lowest BCUT2D eigenvalue weighted by molar-refractivity contribution is 0.0967. The molecule has 7 heteroatoms. The highest BCUT2D eigenvalue weighted by Gasteiger charge is 2.36. The smallest absolute Gasteiger partial charge is 0.295 e. The van der Waals surface area contributed by atoms with E-state index >= 15 is 0 Å². The molecular weight excluding hydrogens is 270 g/mol. The zero-order valence-electron chi connectivity index (χ0n) is 9.66. The summed E-state index contributed by atoms with van der Waals surface area (Å²) in [6.45, 7) is 1.32. The fourth-order valence-electron chi connectivity index (χ4n) is 2.11. The van der Waals surface area contributed by atoms with Crippen molar-refractivity contribution < 1.29 is 22.6 Å². The highest BCUT2D eigenvalue weighted by Crippen LogP contribution is 2.30. The molecule has 0 amide bonds. The number of nitrogens with zero attached hydrogens (tertiary/aromatic N) is 1. The van der Waals surface area contributed by atoms with Crippen LogP contribution in [-0.2, 0) is 10.1 Å². The minimum atomic E-state index is -4.55. The molecule has 1 fully saturated rings. The van der Waals surface area contributed by atoms with Crippen LogP contribution in [0.1, 0.15) is 20.7 Å². The van der Waals surface area contributed by atoms with Crippen LogP contribution in [-0.4, -0.2) is 42.5 Å². The molecule has 0 aromatic heterocycles. The number of carbonyl (C=O) groups is 2. The van der Waals surface area contributed by atoms with E-state index in [0.29, 0.717) is 13.1 Å². The summed E-state index contributed by atoms with van der Waals surface area (Å²) in [4.78, 5) is 25.3. The molecule has 19 heavy (non-hydrogen) atoms. The van der Waals surface area contributed by atoms with Gasteiger partial charge in [0.2, 0.25) is 5.78 Å². The van der Waals surface area contributed by atoms with Crippen LogP contribution in [0.2, 0.25) is 0 Å². The Hall–Kier alpha value is -1.99. The van der Waals surface area contributed by atoms with Crippen molar-refractivity contribution in [1.29, 1.82) is 0 Å². The van der Waals surface area contributed by atoms with Gasteiger partial charge in [-0.1, -0.05) is 12.1 Å². The first-order valence-electron chi connectivity index (χ1n) is 5.56. The van der Waals surface area contributed by atoms with Gasteiger partial charge in [-0.3, -0.25) is 14.1 Å². The van der Waals surface area contributed by atoms with Crippen molar-refractivity contribution >= 4 is 21.7 Å². The standard InChI is InChI=1S/C12H9NO5S/c14-9-6-8(13-4-5-13)12(15)11-7(9)2-1-3-10(11)19(16,17)18/h1-3,6H,4-5H2,(H,16,17,18). The van der Waals surface area contributed by atoms with Crippen LogP contribution in [0.15, 0.2) is 34.9 Å². The number of Topliss-reactive ketones (excluding diaryl/α,β-unsaturated/α-hetero) is 1. The Morgan fingerprint density at radius 1 is 1.16 bits per heavy atom. The SMILES string of the molecule is O=C1C=C(N2CC2)C(=O)c2c1cccc2S(=O)(=O)O. The van der Waals surface area contributed by atoms with Crippen molar-refractivity contribution in [2.24, 2.45) is 0 Å². The van der Waals surface area contributed by atoms with E-state index in [4.69, 9.17) is 4.55 Å². The van der Waals surface area contributed by atoms with Crippen LogP contribution >= 0.6 is 0 Å². The fourth-order valence-corrected chi connectivity index (χ4v) is 2.82. The molecule has 0 bridgehead atoms. The summed E-state index contributed by atoms with van der Waals surface area (Å²) in [5.74, 6) is -0.970. The van der Waals surface area contributed by atoms with Gasteiger partial charge in [0, 0.05) is 24.7 Å². The lowest BCUT2D eigenvalue weighted by Crippen LogP contribution is -2.24. The Morgan fingerprint density at radius 2 is 1.84 bits per heavy atom. The van der Waals surface area contributed by atoms with E-state index in [2.05, 4.69) is 0 Å². The zero-order chi connectivity index (χ0) is 13.8. The van der Waals surface area contributed by atoms with Gasteiger partial charge < -0.3 is 4.90 Å². The molecule has 1 N–H and O–H groups in total. The summed E-state index contributed by atoms with van der Waals surface area (Å²) in [5, 5.41) is 0. The summed E-state index contributed by atoms with van der Waals surface area (Å²) in [6.07, 6.45) is 1.21. The minimum absolute atomic E-state index is 0.00530. The molecule has 0 atom stereocenters. The second-order valence-electron chi connectivity index (χ2n) is 4.36. The van der Waals surface area contributed by atoms with Crippen molar-refractivity contribution in [2.75, 3.05) is 13.1 Å². The third kappa shape index (κ3) is 1.87. The summed E-state index contributed by atoms with van der Waals surface area (Å²) in [5.41, 5.74) is -0.0428. The Morgan fingerprint density at radius 3 is 2.42 bits per heavy atom. The fraction of sp³-hybridized carbons (Fsp3) is 0.167. The first-order chi connectivity index (χ1) is 8.89. The maximum Gasteiger partial charge on any atom is 0.295 e. The monoisotopic (exact) mass is 279 g/mol. The van der Waals surface area contributed by atoms with Gasteiger partial charge in [-0.25, -0.2) is 0 Å². The summed E-state index contributed by atoms with van der Waals surface area (Å²) < 4.78 is 31.8. The molecule has 98 valence electrons. The molecule has 0 saturated carbocycles. The van der Waals surface area contributed by atoms with E-state index in [-0.39, 0.29) is 16.8 Å². The minimum Gasteiger partial charge on any atom is -0.365 e. The molecule has 1 heterocycles. The van der Waals surface area contributed by atoms with Gasteiger partial charge in [0.05, 0.1) is 11.3 Å². The highest BCUT2D eigenvalue weighted by molar-refractivity contribution is 7.86. The predicted molar refractivity (Wildman–Crippen MR) is 64.6 cm³/mol. The van der Waals surface area contributed by atoms with Gasteiger partial charge >= 0.3 is 0 Å². The molecule has 1 saturated heterocycles. The van der Waals surface area contributed by atoms with Crippen LogP contribution in [0.5, 0.6) is 0 Å². The Bertz CT molecular complexity index is 743. The number of fused-ring (bicyclic) bond motifs is 1. The van der Waals surface area contributed by atoms with E-state index in [1.165, 1.54) is 18.2 Å².